The molecule has 0 aliphatic rings. The van der Waals surface area contributed by atoms with Gasteiger partial charge in [-0.2, -0.15) is 0 Å². The van der Waals surface area contributed by atoms with Gasteiger partial charge in [0, 0.05) is 11.1 Å². The van der Waals surface area contributed by atoms with Gasteiger partial charge in [-0.1, -0.05) is 36.4 Å². The summed E-state index contributed by atoms with van der Waals surface area (Å²) < 4.78 is 28.0. The Labute approximate surface area is 189 Å². The van der Waals surface area contributed by atoms with Crippen molar-refractivity contribution in [3.05, 3.63) is 64.6 Å². The molecular weight excluding hydrogens is 448 g/mol. The number of nitrogens with two attached hydrogens (primary N) is 3. The lowest BCUT2D eigenvalue weighted by atomic mass is 10.1. The number of benzene rings is 2. The van der Waals surface area contributed by atoms with Crippen LogP contribution in [0.25, 0.3) is 10.8 Å². The Kier molecular flexibility index (Phi) is 6.87. The van der Waals surface area contributed by atoms with Crippen LogP contribution in [-0.4, -0.2) is 38.0 Å². The molecule has 3 rings (SSSR count). The number of anilines is 1. The number of carbonyl (C=O) groups is 1. The highest BCUT2D eigenvalue weighted by atomic mass is 32.2. The highest BCUT2D eigenvalue weighted by molar-refractivity contribution is 7.91. The number of sulfone groups is 1. The maximum atomic E-state index is 13.5. The maximum Gasteiger partial charge on any atom is 0.272 e. The highest BCUT2D eigenvalue weighted by Crippen LogP contribution is 2.29. The van der Waals surface area contributed by atoms with Gasteiger partial charge in [-0.05, 0) is 29.6 Å². The van der Waals surface area contributed by atoms with E-state index in [1.165, 1.54) is 12.1 Å². The van der Waals surface area contributed by atoms with E-state index in [-0.39, 0.29) is 29.7 Å². The van der Waals surface area contributed by atoms with E-state index in [0.717, 1.165) is 4.57 Å². The minimum Gasteiger partial charge on any atom is -0.397 e. The van der Waals surface area contributed by atoms with Crippen molar-refractivity contribution in [1.82, 2.24) is 9.88 Å². The predicted molar refractivity (Wildman–Crippen MR) is 124 cm³/mol. The molecule has 3 aromatic rings. The molecule has 11 nitrogen and oxygen atoms in total. The summed E-state index contributed by atoms with van der Waals surface area (Å²) in [5.41, 5.74) is 15.5. The molecule has 0 aliphatic heterocycles. The van der Waals surface area contributed by atoms with E-state index in [2.05, 4.69) is 10.5 Å². The first-order valence-electron chi connectivity index (χ1n) is 9.83. The number of rotatable bonds is 8. The van der Waals surface area contributed by atoms with Gasteiger partial charge in [-0.3, -0.25) is 9.59 Å². The Morgan fingerprint density at radius 2 is 1.85 bits per heavy atom. The Morgan fingerprint density at radius 1 is 1.15 bits per heavy atom. The predicted octanol–water partition coefficient (Wildman–Crippen LogP) is 0.0461. The number of oxime groups is 1. The fraction of sp³-hybridized carbons (Fsp3) is 0.190. The number of aromatic nitrogens is 1. The van der Waals surface area contributed by atoms with Crippen molar-refractivity contribution in [1.29, 1.82) is 0 Å². The molecule has 174 valence electrons. The zero-order valence-corrected chi connectivity index (χ0v) is 18.6. The molecule has 7 N–H and O–H groups in total. The summed E-state index contributed by atoms with van der Waals surface area (Å²) in [6.45, 7) is 1.21. The first kappa shape index (κ1) is 23.6. The van der Waals surface area contributed by atoms with Crippen LogP contribution in [0.1, 0.15) is 5.69 Å². The van der Waals surface area contributed by atoms with Gasteiger partial charge in [0.15, 0.2) is 4.90 Å². The zero-order chi connectivity index (χ0) is 24.2. The molecule has 1 amide bonds. The van der Waals surface area contributed by atoms with E-state index in [9.17, 15) is 18.0 Å². The molecule has 1 aromatic heterocycles. The van der Waals surface area contributed by atoms with Gasteiger partial charge >= 0.3 is 0 Å². The molecule has 33 heavy (non-hydrogen) atoms. The Morgan fingerprint density at radius 3 is 2.58 bits per heavy atom. The molecule has 0 unspecified atom stereocenters. The topological polar surface area (TPSA) is 185 Å². The number of nitrogen functional groups attached to an aromatic ring is 1. The minimum atomic E-state index is -4.28. The van der Waals surface area contributed by atoms with Crippen molar-refractivity contribution >= 4 is 38.2 Å². The third-order valence-corrected chi connectivity index (χ3v) is 6.67. The van der Waals surface area contributed by atoms with Crippen molar-refractivity contribution in [3.8, 4) is 0 Å². The molecule has 0 fully saturated rings. The first-order chi connectivity index (χ1) is 15.6. The Bertz CT molecular complexity index is 1390. The van der Waals surface area contributed by atoms with E-state index < -0.39 is 32.7 Å². The normalized spacial score (nSPS) is 11.2. The summed E-state index contributed by atoms with van der Waals surface area (Å²) in [4.78, 5) is 29.7. The number of nitrogens with zero attached hydrogens (tertiary/aromatic N) is 2. The van der Waals surface area contributed by atoms with Crippen molar-refractivity contribution in [3.63, 3.8) is 0 Å². The third kappa shape index (κ3) is 5.06. The van der Waals surface area contributed by atoms with Gasteiger partial charge in [0.1, 0.15) is 13.2 Å². The average molecular weight is 473 g/mol. The summed E-state index contributed by atoms with van der Waals surface area (Å²) in [6, 6.07) is 13.1. The van der Waals surface area contributed by atoms with E-state index in [0.29, 0.717) is 16.5 Å². The first-order valence-corrected chi connectivity index (χ1v) is 11.3. The summed E-state index contributed by atoms with van der Waals surface area (Å²) in [5.74, 6) is -0.794. The molecule has 0 saturated heterocycles. The van der Waals surface area contributed by atoms with Gasteiger partial charge in [-0.25, -0.2) is 8.42 Å². The van der Waals surface area contributed by atoms with Crippen LogP contribution in [0.15, 0.2) is 68.3 Å². The molecule has 0 atom stereocenters. The minimum absolute atomic E-state index is 0.0000303. The second kappa shape index (κ2) is 9.61. The third-order valence-electron chi connectivity index (χ3n) is 4.79. The van der Waals surface area contributed by atoms with Crippen LogP contribution in [0.5, 0.6) is 0 Å². The van der Waals surface area contributed by atoms with Crippen LogP contribution < -0.4 is 28.1 Å². The molecule has 0 saturated carbocycles. The van der Waals surface area contributed by atoms with Crippen LogP contribution in [0.4, 0.5) is 5.69 Å². The fourth-order valence-electron chi connectivity index (χ4n) is 3.34. The zero-order valence-electron chi connectivity index (χ0n) is 17.8. The van der Waals surface area contributed by atoms with Crippen LogP contribution in [0.3, 0.4) is 0 Å². The number of pyridine rings is 1. The highest BCUT2D eigenvalue weighted by Gasteiger charge is 2.28. The van der Waals surface area contributed by atoms with E-state index >= 15 is 0 Å². The van der Waals surface area contributed by atoms with Crippen LogP contribution >= 0.6 is 0 Å². The smallest absolute Gasteiger partial charge is 0.272 e. The van der Waals surface area contributed by atoms with Gasteiger partial charge < -0.3 is 31.9 Å². The standard InChI is InChI=1S/C21H24N6O5S/c1-13-11-16(22)19(20(29)27(13)12-18(28)25-9-10-32-26-21(23)24)33(30,31)17-8-4-6-14-5-2-3-7-15(14)17/h2-8,11H,9-10,12,22H2,1H3,(H,25,28)(H4,23,24,26). The second-order valence-electron chi connectivity index (χ2n) is 7.14. The molecule has 0 radical (unpaired) electrons. The van der Waals surface area contributed by atoms with E-state index in [4.69, 9.17) is 22.0 Å². The average Bonchev–Trinajstić information content (AvgIpc) is 2.75. The quantitative estimate of drug-likeness (QED) is 0.153. The van der Waals surface area contributed by atoms with Crippen molar-refractivity contribution in [2.24, 2.45) is 16.6 Å². The summed E-state index contributed by atoms with van der Waals surface area (Å²) in [5, 5.41) is 7.01. The monoisotopic (exact) mass is 472 g/mol. The molecule has 0 bridgehead atoms. The van der Waals surface area contributed by atoms with Crippen LogP contribution in [-0.2, 0) is 26.0 Å². The summed E-state index contributed by atoms with van der Waals surface area (Å²) >= 11 is 0. The van der Waals surface area contributed by atoms with Crippen molar-refractivity contribution in [2.75, 3.05) is 18.9 Å². The molecular formula is C21H24N6O5S. The second-order valence-corrected chi connectivity index (χ2v) is 9.00. The number of amides is 1. The lowest BCUT2D eigenvalue weighted by Gasteiger charge is -2.15. The van der Waals surface area contributed by atoms with E-state index in [1.807, 2.05) is 0 Å². The van der Waals surface area contributed by atoms with Gasteiger partial charge in [0.2, 0.25) is 21.7 Å². The molecule has 1 heterocycles. The number of hydrogen-bond acceptors (Lipinski definition) is 7. The molecule has 0 aliphatic carbocycles. The van der Waals surface area contributed by atoms with Gasteiger partial charge in [0.05, 0.1) is 17.1 Å². The molecule has 0 spiro atoms. The van der Waals surface area contributed by atoms with Crippen molar-refractivity contribution < 1.29 is 18.0 Å². The Hall–Kier alpha value is -4.06. The number of nitrogens with one attached hydrogen (secondary N) is 1. The van der Waals surface area contributed by atoms with Crippen LogP contribution in [0, 0.1) is 6.92 Å². The van der Waals surface area contributed by atoms with Gasteiger partial charge in [0.25, 0.3) is 5.56 Å². The largest absolute Gasteiger partial charge is 0.397 e. The van der Waals surface area contributed by atoms with E-state index in [1.54, 1.807) is 43.3 Å². The number of fused-ring (bicyclic) bond motifs is 1. The lowest BCUT2D eigenvalue weighted by Crippen LogP contribution is -2.37. The van der Waals surface area contributed by atoms with Crippen molar-refractivity contribution in [2.45, 2.75) is 23.3 Å². The molecule has 2 aromatic carbocycles. The lowest BCUT2D eigenvalue weighted by molar-refractivity contribution is -0.122. The fourth-order valence-corrected chi connectivity index (χ4v) is 5.00. The van der Waals surface area contributed by atoms with Crippen LogP contribution in [0.2, 0.25) is 0 Å². The number of hydrogen-bond donors (Lipinski definition) is 4. The van der Waals surface area contributed by atoms with Gasteiger partial charge in [-0.15, -0.1) is 0 Å². The number of carbonyl (C=O) groups excluding carboxylic acids is 1. The summed E-state index contributed by atoms with van der Waals surface area (Å²) in [7, 11) is -4.28. The summed E-state index contributed by atoms with van der Waals surface area (Å²) in [6.07, 6.45) is 0. The number of aryl methyl sites for hydroxylation is 1. The SMILES string of the molecule is Cc1cc(N)c(S(=O)(=O)c2cccc3ccccc23)c(=O)n1CC(=O)NCCON=C(N)N. The Balaban J connectivity index is 1.95. The maximum absolute atomic E-state index is 13.5. The molecule has 12 heteroatoms. The number of guanidine groups is 1.